The molecule has 0 aliphatic carbocycles. The Bertz CT molecular complexity index is 178. The quantitative estimate of drug-likeness (QED) is 0.640. The number of ether oxygens (including phenoxy) is 1. The van der Waals surface area contributed by atoms with Crippen molar-refractivity contribution in [1.29, 1.82) is 0 Å². The molecule has 2 nitrogen and oxygen atoms in total. The lowest BCUT2D eigenvalue weighted by Gasteiger charge is -2.36. The third kappa shape index (κ3) is 1.87. The first kappa shape index (κ1) is 9.75. The molecule has 0 aromatic heterocycles. The fourth-order valence-corrected chi connectivity index (χ4v) is 1.23. The van der Waals surface area contributed by atoms with E-state index in [1.54, 1.807) is 0 Å². The van der Waals surface area contributed by atoms with E-state index in [1.807, 2.05) is 19.9 Å². The molecule has 70 valence electrons. The van der Waals surface area contributed by atoms with Gasteiger partial charge < -0.3 is 9.84 Å². The fourth-order valence-electron chi connectivity index (χ4n) is 1.23. The minimum absolute atomic E-state index is 0.129. The van der Waals surface area contributed by atoms with E-state index >= 15 is 0 Å². The van der Waals surface area contributed by atoms with E-state index in [2.05, 4.69) is 13.0 Å². The van der Waals surface area contributed by atoms with Crippen LogP contribution in [0, 0.1) is 5.41 Å². The van der Waals surface area contributed by atoms with Crippen LogP contribution in [0.15, 0.2) is 12.2 Å². The summed E-state index contributed by atoms with van der Waals surface area (Å²) in [5.41, 5.74) is -0.288. The third-order valence-corrected chi connectivity index (χ3v) is 2.59. The molecular formula is C10H18O2. The van der Waals surface area contributed by atoms with Crippen LogP contribution in [0.2, 0.25) is 0 Å². The Morgan fingerprint density at radius 2 is 2.08 bits per heavy atom. The Hall–Kier alpha value is -0.340. The van der Waals surface area contributed by atoms with Crippen molar-refractivity contribution in [2.45, 2.75) is 32.8 Å². The molecule has 0 bridgehead atoms. The number of hydrogen-bond donors (Lipinski definition) is 1. The zero-order chi connectivity index (χ0) is 9.24. The molecule has 1 aliphatic heterocycles. The molecule has 1 atom stereocenters. The minimum atomic E-state index is -0.159. The molecular weight excluding hydrogens is 152 g/mol. The average molecular weight is 170 g/mol. The maximum atomic E-state index is 9.18. The molecule has 0 amide bonds. The zero-order valence-corrected chi connectivity index (χ0v) is 8.13. The van der Waals surface area contributed by atoms with Gasteiger partial charge in [-0.25, -0.2) is 0 Å². The van der Waals surface area contributed by atoms with Crippen molar-refractivity contribution in [2.24, 2.45) is 5.41 Å². The number of aliphatic hydroxyl groups excluding tert-OH is 1. The first-order valence-electron chi connectivity index (χ1n) is 4.49. The highest BCUT2D eigenvalue weighted by molar-refractivity contribution is 5.09. The molecule has 1 unspecified atom stereocenters. The van der Waals surface area contributed by atoms with E-state index in [0.717, 1.165) is 6.42 Å². The lowest BCUT2D eigenvalue weighted by molar-refractivity contribution is -0.0519. The fraction of sp³-hybridized carbons (Fsp3) is 0.800. The van der Waals surface area contributed by atoms with Gasteiger partial charge in [-0.05, 0) is 20.3 Å². The van der Waals surface area contributed by atoms with E-state index in [4.69, 9.17) is 4.74 Å². The van der Waals surface area contributed by atoms with Gasteiger partial charge in [-0.3, -0.25) is 0 Å². The standard InChI is InChI=1S/C10H18O2/c1-4-10(7-11)6-5-9(2,3)12-8-10/h5-6,11H,4,7-8H2,1-3H3. The summed E-state index contributed by atoms with van der Waals surface area (Å²) in [4.78, 5) is 0. The van der Waals surface area contributed by atoms with Crippen LogP contribution in [-0.4, -0.2) is 23.9 Å². The predicted molar refractivity (Wildman–Crippen MR) is 49.0 cm³/mol. The second-order valence-electron chi connectivity index (χ2n) is 4.10. The molecule has 0 spiro atoms. The van der Waals surface area contributed by atoms with Crippen LogP contribution in [0.5, 0.6) is 0 Å². The third-order valence-electron chi connectivity index (χ3n) is 2.59. The maximum Gasteiger partial charge on any atom is 0.0807 e. The molecule has 0 fully saturated rings. The summed E-state index contributed by atoms with van der Waals surface area (Å²) in [5.74, 6) is 0. The monoisotopic (exact) mass is 170 g/mol. The van der Waals surface area contributed by atoms with Crippen LogP contribution in [0.1, 0.15) is 27.2 Å². The van der Waals surface area contributed by atoms with Crippen molar-refractivity contribution in [2.75, 3.05) is 13.2 Å². The van der Waals surface area contributed by atoms with Crippen LogP contribution in [-0.2, 0) is 4.74 Å². The van der Waals surface area contributed by atoms with Crippen LogP contribution in [0.3, 0.4) is 0 Å². The number of aliphatic hydroxyl groups is 1. The molecule has 12 heavy (non-hydrogen) atoms. The van der Waals surface area contributed by atoms with Gasteiger partial charge in [0.15, 0.2) is 0 Å². The van der Waals surface area contributed by atoms with Crippen LogP contribution in [0.25, 0.3) is 0 Å². The summed E-state index contributed by atoms with van der Waals surface area (Å²) >= 11 is 0. The van der Waals surface area contributed by atoms with Gasteiger partial charge in [-0.15, -0.1) is 0 Å². The Labute approximate surface area is 74.2 Å². The normalized spacial score (nSPS) is 33.7. The Morgan fingerprint density at radius 3 is 2.42 bits per heavy atom. The van der Waals surface area contributed by atoms with Crippen LogP contribution < -0.4 is 0 Å². The van der Waals surface area contributed by atoms with Gasteiger partial charge in [-0.1, -0.05) is 19.1 Å². The highest BCUT2D eigenvalue weighted by atomic mass is 16.5. The van der Waals surface area contributed by atoms with E-state index in [9.17, 15) is 5.11 Å². The zero-order valence-electron chi connectivity index (χ0n) is 8.13. The van der Waals surface area contributed by atoms with Gasteiger partial charge in [0.25, 0.3) is 0 Å². The van der Waals surface area contributed by atoms with Gasteiger partial charge in [0.1, 0.15) is 0 Å². The molecule has 1 aliphatic rings. The van der Waals surface area contributed by atoms with Crippen molar-refractivity contribution < 1.29 is 9.84 Å². The van der Waals surface area contributed by atoms with E-state index < -0.39 is 0 Å². The first-order chi connectivity index (χ1) is 5.54. The van der Waals surface area contributed by atoms with Gasteiger partial charge in [0.2, 0.25) is 0 Å². The van der Waals surface area contributed by atoms with Crippen molar-refractivity contribution in [3.8, 4) is 0 Å². The number of rotatable bonds is 2. The summed E-state index contributed by atoms with van der Waals surface area (Å²) < 4.78 is 5.62. The largest absolute Gasteiger partial charge is 0.395 e. The minimum Gasteiger partial charge on any atom is -0.395 e. The second-order valence-corrected chi connectivity index (χ2v) is 4.10. The molecule has 0 saturated heterocycles. The summed E-state index contributed by atoms with van der Waals surface area (Å²) in [6, 6.07) is 0. The molecule has 0 aromatic rings. The predicted octanol–water partition coefficient (Wildman–Crippen LogP) is 1.74. The summed E-state index contributed by atoms with van der Waals surface area (Å²) in [7, 11) is 0. The summed E-state index contributed by atoms with van der Waals surface area (Å²) in [6.07, 6.45) is 5.06. The molecule has 1 rings (SSSR count). The van der Waals surface area contributed by atoms with E-state index in [-0.39, 0.29) is 17.6 Å². The van der Waals surface area contributed by atoms with Gasteiger partial charge in [0.05, 0.1) is 18.8 Å². The maximum absolute atomic E-state index is 9.18. The van der Waals surface area contributed by atoms with Crippen LogP contribution in [0.4, 0.5) is 0 Å². The lowest BCUT2D eigenvalue weighted by Crippen LogP contribution is -2.38. The molecule has 0 radical (unpaired) electrons. The van der Waals surface area contributed by atoms with Crippen molar-refractivity contribution in [1.82, 2.24) is 0 Å². The van der Waals surface area contributed by atoms with Crippen LogP contribution >= 0.6 is 0 Å². The van der Waals surface area contributed by atoms with Gasteiger partial charge in [-0.2, -0.15) is 0 Å². The van der Waals surface area contributed by atoms with E-state index in [1.165, 1.54) is 0 Å². The van der Waals surface area contributed by atoms with Crippen molar-refractivity contribution in [3.63, 3.8) is 0 Å². The van der Waals surface area contributed by atoms with Crippen molar-refractivity contribution in [3.05, 3.63) is 12.2 Å². The SMILES string of the molecule is CCC1(CO)C=CC(C)(C)OC1. The molecule has 1 heterocycles. The summed E-state index contributed by atoms with van der Waals surface area (Å²) in [5, 5.41) is 9.18. The van der Waals surface area contributed by atoms with Crippen molar-refractivity contribution >= 4 is 0 Å². The van der Waals surface area contributed by atoms with E-state index in [0.29, 0.717) is 6.61 Å². The highest BCUT2D eigenvalue weighted by Crippen LogP contribution is 2.31. The molecule has 2 heteroatoms. The Morgan fingerprint density at radius 1 is 1.42 bits per heavy atom. The molecule has 0 saturated carbocycles. The second kappa shape index (κ2) is 3.19. The summed E-state index contributed by atoms with van der Waals surface area (Å²) in [6.45, 7) is 6.93. The van der Waals surface area contributed by atoms with Gasteiger partial charge in [0, 0.05) is 5.41 Å². The smallest absolute Gasteiger partial charge is 0.0807 e. The molecule has 0 aromatic carbocycles. The Balaban J connectivity index is 2.74. The topological polar surface area (TPSA) is 29.5 Å². The molecule has 1 N–H and O–H groups in total. The highest BCUT2D eigenvalue weighted by Gasteiger charge is 2.32. The Kier molecular flexibility index (Phi) is 2.59. The lowest BCUT2D eigenvalue weighted by atomic mass is 9.83. The number of hydrogen-bond acceptors (Lipinski definition) is 2. The van der Waals surface area contributed by atoms with Gasteiger partial charge >= 0.3 is 0 Å². The average Bonchev–Trinajstić information content (AvgIpc) is 2.06. The first-order valence-corrected chi connectivity index (χ1v) is 4.49.